The van der Waals surface area contributed by atoms with Crippen molar-refractivity contribution in [3.05, 3.63) is 77.6 Å². The molecule has 28 heavy (non-hydrogen) atoms. The lowest BCUT2D eigenvalue weighted by molar-refractivity contribution is -0.0353. The number of aromatic amines is 1. The predicted octanol–water partition coefficient (Wildman–Crippen LogP) is 3.14. The number of hydrogen-bond donors (Lipinski definition) is 1. The summed E-state index contributed by atoms with van der Waals surface area (Å²) in [6.45, 7) is 3.48. The third kappa shape index (κ3) is 4.74. The van der Waals surface area contributed by atoms with Gasteiger partial charge in [0.25, 0.3) is 0 Å². The molecule has 1 fully saturated rings. The minimum absolute atomic E-state index is 0.0741. The number of morpholine rings is 1. The van der Waals surface area contributed by atoms with Crippen LogP contribution in [-0.4, -0.2) is 46.4 Å². The van der Waals surface area contributed by atoms with E-state index in [1.165, 1.54) is 6.07 Å². The van der Waals surface area contributed by atoms with E-state index in [1.807, 2.05) is 30.5 Å². The molecular formula is C21H23FN4O2. The molecule has 2 aromatic heterocycles. The molecule has 146 valence electrons. The van der Waals surface area contributed by atoms with Gasteiger partial charge in [-0.2, -0.15) is 5.10 Å². The second kappa shape index (κ2) is 8.95. The number of H-pyrrole nitrogens is 1. The zero-order valence-electron chi connectivity index (χ0n) is 15.6. The Morgan fingerprint density at radius 1 is 1.21 bits per heavy atom. The Morgan fingerprint density at radius 2 is 2.11 bits per heavy atom. The van der Waals surface area contributed by atoms with Crippen molar-refractivity contribution in [1.82, 2.24) is 20.1 Å². The zero-order valence-corrected chi connectivity index (χ0v) is 15.6. The van der Waals surface area contributed by atoms with Crippen LogP contribution >= 0.6 is 0 Å². The maximum Gasteiger partial charge on any atom is 0.165 e. The first-order chi connectivity index (χ1) is 13.8. The van der Waals surface area contributed by atoms with Crippen LogP contribution in [0.25, 0.3) is 0 Å². The first kappa shape index (κ1) is 18.6. The molecule has 6 nitrogen and oxygen atoms in total. The minimum atomic E-state index is -0.351. The molecule has 0 bridgehead atoms. The van der Waals surface area contributed by atoms with Crippen molar-refractivity contribution in [3.63, 3.8) is 0 Å². The van der Waals surface area contributed by atoms with Crippen molar-refractivity contribution in [3.8, 4) is 5.75 Å². The molecule has 0 saturated carbocycles. The molecule has 0 spiro atoms. The molecule has 1 aliphatic rings. The average Bonchev–Trinajstić information content (AvgIpc) is 3.19. The van der Waals surface area contributed by atoms with E-state index in [4.69, 9.17) is 9.47 Å². The lowest BCUT2D eigenvalue weighted by Crippen LogP contribution is -2.38. The van der Waals surface area contributed by atoms with E-state index in [9.17, 15) is 4.39 Å². The van der Waals surface area contributed by atoms with E-state index in [0.717, 1.165) is 36.7 Å². The lowest BCUT2D eigenvalue weighted by atomic mass is 10.1. The van der Waals surface area contributed by atoms with E-state index in [-0.39, 0.29) is 17.7 Å². The predicted molar refractivity (Wildman–Crippen MR) is 102 cm³/mol. The molecule has 3 heterocycles. The van der Waals surface area contributed by atoms with Crippen LogP contribution in [0.3, 0.4) is 0 Å². The highest BCUT2D eigenvalue weighted by molar-refractivity contribution is 5.23. The standard InChI is InChI=1S/C21H23FN4O2/c22-18-6-1-2-7-20(18)27-11-8-16-13-19(25-24-16)21-15-26(10-12-28-21)14-17-5-3-4-9-23-17/h1-7,9,13,21H,8,10-12,14-15H2,(H,24,25)/t21-/m0/s1. The van der Waals surface area contributed by atoms with Crippen LogP contribution in [0.2, 0.25) is 0 Å². The first-order valence-electron chi connectivity index (χ1n) is 9.43. The van der Waals surface area contributed by atoms with E-state index >= 15 is 0 Å². The number of ether oxygens (including phenoxy) is 2. The second-order valence-electron chi connectivity index (χ2n) is 6.76. The van der Waals surface area contributed by atoms with Gasteiger partial charge in [0.1, 0.15) is 6.10 Å². The van der Waals surface area contributed by atoms with Crippen LogP contribution in [-0.2, 0) is 17.7 Å². The number of nitrogens with one attached hydrogen (secondary N) is 1. The topological polar surface area (TPSA) is 63.3 Å². The van der Waals surface area contributed by atoms with Gasteiger partial charge in [-0.05, 0) is 30.3 Å². The van der Waals surface area contributed by atoms with Gasteiger partial charge in [0.15, 0.2) is 11.6 Å². The molecule has 1 saturated heterocycles. The highest BCUT2D eigenvalue weighted by atomic mass is 19.1. The molecule has 0 aliphatic carbocycles. The van der Waals surface area contributed by atoms with Crippen molar-refractivity contribution < 1.29 is 13.9 Å². The monoisotopic (exact) mass is 382 g/mol. The van der Waals surface area contributed by atoms with Crippen molar-refractivity contribution in [2.75, 3.05) is 26.3 Å². The van der Waals surface area contributed by atoms with Gasteiger partial charge in [0.05, 0.1) is 24.6 Å². The normalized spacial score (nSPS) is 17.5. The summed E-state index contributed by atoms with van der Waals surface area (Å²) < 4.78 is 25.0. The Labute approximate surface area is 163 Å². The van der Waals surface area contributed by atoms with Crippen LogP contribution in [0.15, 0.2) is 54.7 Å². The number of rotatable bonds is 7. The van der Waals surface area contributed by atoms with Crippen LogP contribution in [0.5, 0.6) is 5.75 Å². The zero-order chi connectivity index (χ0) is 19.2. The SMILES string of the molecule is Fc1ccccc1OCCc1cc([C@@H]2CN(Cc3ccccn3)CCO2)n[nH]1. The summed E-state index contributed by atoms with van der Waals surface area (Å²) in [5.74, 6) is -0.0839. The van der Waals surface area contributed by atoms with Crippen molar-refractivity contribution in [2.24, 2.45) is 0 Å². The third-order valence-electron chi connectivity index (χ3n) is 4.71. The van der Waals surface area contributed by atoms with Crippen LogP contribution in [0, 0.1) is 5.82 Å². The van der Waals surface area contributed by atoms with Gasteiger partial charge in [-0.25, -0.2) is 4.39 Å². The summed E-state index contributed by atoms with van der Waals surface area (Å²) in [6, 6.07) is 14.4. The summed E-state index contributed by atoms with van der Waals surface area (Å²) in [5, 5.41) is 7.44. The second-order valence-corrected chi connectivity index (χ2v) is 6.76. The average molecular weight is 382 g/mol. The van der Waals surface area contributed by atoms with Gasteiger partial charge in [-0.1, -0.05) is 18.2 Å². The highest BCUT2D eigenvalue weighted by Gasteiger charge is 2.24. The van der Waals surface area contributed by atoms with Crippen molar-refractivity contribution in [2.45, 2.75) is 19.1 Å². The first-order valence-corrected chi connectivity index (χ1v) is 9.43. The quantitative estimate of drug-likeness (QED) is 0.680. The van der Waals surface area contributed by atoms with Gasteiger partial charge in [-0.15, -0.1) is 0 Å². The Balaban J connectivity index is 1.30. The number of aromatic nitrogens is 3. The van der Waals surface area contributed by atoms with Crippen LogP contribution in [0.4, 0.5) is 4.39 Å². The number of nitrogens with zero attached hydrogens (tertiary/aromatic N) is 3. The summed E-state index contributed by atoms with van der Waals surface area (Å²) in [7, 11) is 0. The smallest absolute Gasteiger partial charge is 0.165 e. The van der Waals surface area contributed by atoms with Crippen LogP contribution < -0.4 is 4.74 Å². The number of hydrogen-bond acceptors (Lipinski definition) is 5. The highest BCUT2D eigenvalue weighted by Crippen LogP contribution is 2.22. The van der Waals surface area contributed by atoms with E-state index in [0.29, 0.717) is 19.6 Å². The summed E-state index contributed by atoms with van der Waals surface area (Å²) in [6.07, 6.45) is 2.36. The van der Waals surface area contributed by atoms with E-state index in [2.05, 4.69) is 20.1 Å². The molecular weight excluding hydrogens is 359 g/mol. The number of benzene rings is 1. The molecule has 1 aromatic carbocycles. The molecule has 1 aliphatic heterocycles. The Kier molecular flexibility index (Phi) is 5.94. The molecule has 1 atom stereocenters. The number of para-hydroxylation sites is 1. The molecule has 7 heteroatoms. The van der Waals surface area contributed by atoms with Gasteiger partial charge < -0.3 is 9.47 Å². The minimum Gasteiger partial charge on any atom is -0.490 e. The maximum atomic E-state index is 13.6. The Bertz CT molecular complexity index is 887. The van der Waals surface area contributed by atoms with Crippen molar-refractivity contribution >= 4 is 0 Å². The molecule has 0 unspecified atom stereocenters. The fourth-order valence-corrected chi connectivity index (χ4v) is 3.25. The third-order valence-corrected chi connectivity index (χ3v) is 4.71. The van der Waals surface area contributed by atoms with Gasteiger partial charge in [-0.3, -0.25) is 15.0 Å². The van der Waals surface area contributed by atoms with Gasteiger partial charge >= 0.3 is 0 Å². The number of pyridine rings is 1. The Morgan fingerprint density at radius 3 is 2.96 bits per heavy atom. The number of halogens is 1. The lowest BCUT2D eigenvalue weighted by Gasteiger charge is -2.31. The summed E-state index contributed by atoms with van der Waals surface area (Å²) in [5.41, 5.74) is 2.87. The molecule has 1 N–H and O–H groups in total. The van der Waals surface area contributed by atoms with Crippen LogP contribution in [0.1, 0.15) is 23.2 Å². The van der Waals surface area contributed by atoms with Crippen molar-refractivity contribution in [1.29, 1.82) is 0 Å². The molecule has 0 amide bonds. The summed E-state index contributed by atoms with van der Waals surface area (Å²) >= 11 is 0. The molecule has 0 radical (unpaired) electrons. The van der Waals surface area contributed by atoms with E-state index in [1.54, 1.807) is 18.2 Å². The molecule has 3 aromatic rings. The maximum absolute atomic E-state index is 13.6. The summed E-state index contributed by atoms with van der Waals surface area (Å²) in [4.78, 5) is 6.72. The molecule has 4 rings (SSSR count). The Hall–Kier alpha value is -2.77. The largest absolute Gasteiger partial charge is 0.490 e. The van der Waals surface area contributed by atoms with E-state index < -0.39 is 0 Å². The van der Waals surface area contributed by atoms with Gasteiger partial charge in [0.2, 0.25) is 0 Å². The fourth-order valence-electron chi connectivity index (χ4n) is 3.25. The van der Waals surface area contributed by atoms with Gasteiger partial charge in [0, 0.05) is 37.9 Å². The fraction of sp³-hybridized carbons (Fsp3) is 0.333.